The maximum absolute atomic E-state index is 12.9. The summed E-state index contributed by atoms with van der Waals surface area (Å²) in [5.74, 6) is -0.582. The lowest BCUT2D eigenvalue weighted by atomic mass is 10.1. The molecule has 0 saturated heterocycles. The van der Waals surface area contributed by atoms with Gasteiger partial charge >= 0.3 is 6.18 Å². The van der Waals surface area contributed by atoms with Crippen LogP contribution in [0.15, 0.2) is 22.7 Å². The van der Waals surface area contributed by atoms with E-state index in [9.17, 15) is 17.6 Å². The highest BCUT2D eigenvalue weighted by molar-refractivity contribution is 9.10. The summed E-state index contributed by atoms with van der Waals surface area (Å²) in [4.78, 5) is 0. The van der Waals surface area contributed by atoms with Gasteiger partial charge in [0.15, 0.2) is 0 Å². The summed E-state index contributed by atoms with van der Waals surface area (Å²) in [5, 5.41) is 2.32. The van der Waals surface area contributed by atoms with E-state index in [1.54, 1.807) is 6.92 Å². The second kappa shape index (κ2) is 5.14. The molecule has 0 radical (unpaired) electrons. The van der Waals surface area contributed by atoms with Gasteiger partial charge in [-0.25, -0.2) is 4.39 Å². The molecule has 1 atom stereocenters. The van der Waals surface area contributed by atoms with E-state index in [0.717, 1.165) is 18.2 Å². The van der Waals surface area contributed by atoms with E-state index < -0.39 is 18.0 Å². The molecular formula is C10H10BrF4N. The van der Waals surface area contributed by atoms with E-state index in [1.807, 2.05) is 0 Å². The van der Waals surface area contributed by atoms with E-state index in [1.165, 1.54) is 0 Å². The Balaban J connectivity index is 3.06. The summed E-state index contributed by atoms with van der Waals surface area (Å²) in [6.07, 6.45) is -4.40. The summed E-state index contributed by atoms with van der Waals surface area (Å²) in [5.41, 5.74) is -0.0115. The third-order valence-corrected chi connectivity index (χ3v) is 2.62. The fraction of sp³-hybridized carbons (Fsp3) is 0.400. The van der Waals surface area contributed by atoms with Crippen molar-refractivity contribution < 1.29 is 17.6 Å². The van der Waals surface area contributed by atoms with Crippen LogP contribution in [0.3, 0.4) is 0 Å². The number of rotatable bonds is 3. The predicted molar refractivity (Wildman–Crippen MR) is 56.6 cm³/mol. The molecule has 1 nitrogen and oxygen atoms in total. The number of alkyl halides is 3. The molecule has 0 aliphatic heterocycles. The normalized spacial score (nSPS) is 13.9. The largest absolute Gasteiger partial charge is 0.407 e. The van der Waals surface area contributed by atoms with E-state index in [4.69, 9.17) is 0 Å². The minimum Gasteiger partial charge on any atom is -0.303 e. The maximum atomic E-state index is 12.9. The smallest absolute Gasteiger partial charge is 0.303 e. The van der Waals surface area contributed by atoms with Crippen LogP contribution >= 0.6 is 15.9 Å². The maximum Gasteiger partial charge on any atom is 0.407 e. The van der Waals surface area contributed by atoms with Crippen molar-refractivity contribution in [2.45, 2.75) is 19.1 Å². The van der Waals surface area contributed by atoms with Crippen molar-refractivity contribution in [2.24, 2.45) is 0 Å². The van der Waals surface area contributed by atoms with Crippen molar-refractivity contribution in [3.8, 4) is 0 Å². The van der Waals surface area contributed by atoms with Crippen LogP contribution < -0.4 is 5.32 Å². The van der Waals surface area contributed by atoms with Crippen LogP contribution in [-0.2, 0) is 0 Å². The first kappa shape index (κ1) is 13.4. The fourth-order valence-corrected chi connectivity index (χ4v) is 1.72. The molecule has 1 N–H and O–H groups in total. The summed E-state index contributed by atoms with van der Waals surface area (Å²) in [7, 11) is 0. The van der Waals surface area contributed by atoms with Gasteiger partial charge in [-0.1, -0.05) is 13.0 Å². The van der Waals surface area contributed by atoms with E-state index in [0.29, 0.717) is 0 Å². The van der Waals surface area contributed by atoms with Gasteiger partial charge in [0.2, 0.25) is 0 Å². The van der Waals surface area contributed by atoms with Gasteiger partial charge in [0.05, 0.1) is 4.47 Å². The van der Waals surface area contributed by atoms with Gasteiger partial charge in [0.25, 0.3) is 0 Å². The topological polar surface area (TPSA) is 12.0 Å². The molecule has 0 spiro atoms. The molecule has 0 fully saturated rings. The molecule has 0 bridgehead atoms. The Labute approximate surface area is 99.0 Å². The molecule has 0 saturated carbocycles. The number of benzene rings is 1. The van der Waals surface area contributed by atoms with Gasteiger partial charge < -0.3 is 5.32 Å². The van der Waals surface area contributed by atoms with Crippen LogP contribution in [0, 0.1) is 5.82 Å². The molecule has 6 heteroatoms. The first-order valence-electron chi connectivity index (χ1n) is 4.61. The van der Waals surface area contributed by atoms with Gasteiger partial charge in [0.1, 0.15) is 11.9 Å². The highest BCUT2D eigenvalue weighted by Gasteiger charge is 2.40. The molecule has 0 aromatic heterocycles. The molecule has 1 aromatic carbocycles. The Morgan fingerprint density at radius 2 is 2.00 bits per heavy atom. The third kappa shape index (κ3) is 3.18. The molecule has 1 rings (SSSR count). The molecule has 0 aliphatic rings. The Kier molecular flexibility index (Phi) is 4.32. The molecule has 16 heavy (non-hydrogen) atoms. The van der Waals surface area contributed by atoms with Crippen LogP contribution in [0.4, 0.5) is 17.6 Å². The number of nitrogens with one attached hydrogen (secondary N) is 1. The quantitative estimate of drug-likeness (QED) is 0.837. The Hall–Kier alpha value is -0.620. The molecular weight excluding hydrogens is 290 g/mol. The lowest BCUT2D eigenvalue weighted by Gasteiger charge is -2.21. The van der Waals surface area contributed by atoms with E-state index in [2.05, 4.69) is 21.2 Å². The van der Waals surface area contributed by atoms with Crippen molar-refractivity contribution in [1.82, 2.24) is 5.32 Å². The summed E-state index contributed by atoms with van der Waals surface area (Å²) >= 11 is 2.86. The van der Waals surface area contributed by atoms with Crippen molar-refractivity contribution in [1.29, 1.82) is 0 Å². The third-order valence-electron chi connectivity index (χ3n) is 2.01. The van der Waals surface area contributed by atoms with Gasteiger partial charge in [-0.15, -0.1) is 0 Å². The second-order valence-electron chi connectivity index (χ2n) is 3.21. The molecule has 0 heterocycles. The second-order valence-corrected chi connectivity index (χ2v) is 4.06. The Morgan fingerprint density at radius 1 is 1.38 bits per heavy atom. The van der Waals surface area contributed by atoms with Gasteiger partial charge in [-0.05, 0) is 40.2 Å². The zero-order valence-corrected chi connectivity index (χ0v) is 9.99. The van der Waals surface area contributed by atoms with Crippen LogP contribution in [0.25, 0.3) is 0 Å². The SMILES string of the molecule is CCNC(c1ccc(F)c(Br)c1)C(F)(F)F. The van der Waals surface area contributed by atoms with Gasteiger partial charge in [-0.2, -0.15) is 13.2 Å². The van der Waals surface area contributed by atoms with Crippen molar-refractivity contribution >= 4 is 15.9 Å². The van der Waals surface area contributed by atoms with Crippen molar-refractivity contribution in [3.05, 3.63) is 34.1 Å². The first-order chi connectivity index (χ1) is 7.36. The Bertz CT molecular complexity index is 364. The zero-order chi connectivity index (χ0) is 12.3. The lowest BCUT2D eigenvalue weighted by molar-refractivity contribution is -0.157. The molecule has 0 amide bonds. The summed E-state index contributed by atoms with van der Waals surface area (Å²) in [6.45, 7) is 1.76. The van der Waals surface area contributed by atoms with E-state index >= 15 is 0 Å². The van der Waals surface area contributed by atoms with Crippen LogP contribution in [0.2, 0.25) is 0 Å². The van der Waals surface area contributed by atoms with Crippen molar-refractivity contribution in [3.63, 3.8) is 0 Å². The standard InChI is InChI=1S/C10H10BrF4N/c1-2-16-9(10(13,14)15)6-3-4-8(12)7(11)5-6/h3-5,9,16H,2H2,1H3. The molecule has 1 unspecified atom stereocenters. The molecule has 1 aromatic rings. The average Bonchev–Trinajstić information content (AvgIpc) is 2.17. The Morgan fingerprint density at radius 3 is 2.44 bits per heavy atom. The summed E-state index contributed by atoms with van der Waals surface area (Å²) in [6, 6.07) is 1.50. The predicted octanol–water partition coefficient (Wildman–Crippen LogP) is 3.80. The minimum atomic E-state index is -4.40. The lowest BCUT2D eigenvalue weighted by Crippen LogP contribution is -2.34. The van der Waals surface area contributed by atoms with Crippen LogP contribution in [-0.4, -0.2) is 12.7 Å². The molecule has 90 valence electrons. The van der Waals surface area contributed by atoms with Gasteiger partial charge in [-0.3, -0.25) is 0 Å². The van der Waals surface area contributed by atoms with Crippen molar-refractivity contribution in [2.75, 3.05) is 6.54 Å². The number of halogens is 5. The summed E-state index contributed by atoms with van der Waals surface area (Å²) < 4.78 is 50.9. The monoisotopic (exact) mass is 299 g/mol. The highest BCUT2D eigenvalue weighted by Crippen LogP contribution is 2.34. The fourth-order valence-electron chi connectivity index (χ4n) is 1.32. The van der Waals surface area contributed by atoms with Crippen LogP contribution in [0.5, 0.6) is 0 Å². The number of hydrogen-bond donors (Lipinski definition) is 1. The minimum absolute atomic E-state index is 0.0115. The average molecular weight is 300 g/mol. The number of hydrogen-bond acceptors (Lipinski definition) is 1. The van der Waals surface area contributed by atoms with E-state index in [-0.39, 0.29) is 16.6 Å². The molecule has 0 aliphatic carbocycles. The van der Waals surface area contributed by atoms with Gasteiger partial charge in [0, 0.05) is 0 Å². The zero-order valence-electron chi connectivity index (χ0n) is 8.41. The van der Waals surface area contributed by atoms with Crippen LogP contribution in [0.1, 0.15) is 18.5 Å². The highest BCUT2D eigenvalue weighted by atomic mass is 79.9. The first-order valence-corrected chi connectivity index (χ1v) is 5.40.